The average molecular weight is 598 g/mol. The van der Waals surface area contributed by atoms with E-state index in [9.17, 15) is 18.2 Å². The van der Waals surface area contributed by atoms with E-state index in [1.165, 1.54) is 25.6 Å². The molecule has 1 unspecified atom stereocenters. The van der Waals surface area contributed by atoms with Gasteiger partial charge in [0.25, 0.3) is 5.91 Å². The molecule has 1 aliphatic heterocycles. The molecular weight excluding hydrogens is 561 g/mol. The van der Waals surface area contributed by atoms with Crippen LogP contribution in [-0.2, 0) is 15.5 Å². The number of piperazine rings is 1. The molecule has 11 nitrogen and oxygen atoms in total. The molecular formula is C29H36FN7O4S. The van der Waals surface area contributed by atoms with E-state index in [-0.39, 0.29) is 40.3 Å². The van der Waals surface area contributed by atoms with E-state index in [2.05, 4.69) is 25.2 Å². The zero-order valence-corrected chi connectivity index (χ0v) is 25.6. The number of hydrogen-bond donors (Lipinski definition) is 2. The zero-order chi connectivity index (χ0) is 30.9. The number of carbonyl (C=O) groups is 2. The lowest BCUT2D eigenvalue weighted by Crippen LogP contribution is -2.59. The molecule has 2 aromatic carbocycles. The Morgan fingerprint density at radius 2 is 1.88 bits per heavy atom. The Labute approximate surface area is 246 Å². The van der Waals surface area contributed by atoms with Gasteiger partial charge < -0.3 is 20.7 Å². The van der Waals surface area contributed by atoms with Gasteiger partial charge in [0.05, 0.1) is 39.7 Å². The van der Waals surface area contributed by atoms with Gasteiger partial charge in [0.1, 0.15) is 11.4 Å². The fraction of sp³-hybridized carbons (Fsp3) is 0.414. The Hall–Kier alpha value is -4.13. The number of nitrogens with two attached hydrogens (primary N) is 1. The first-order valence-electron chi connectivity index (χ1n) is 13.4. The van der Waals surface area contributed by atoms with Crippen molar-refractivity contribution < 1.29 is 22.9 Å². The monoisotopic (exact) mass is 597 g/mol. The van der Waals surface area contributed by atoms with E-state index < -0.39 is 28.1 Å². The van der Waals surface area contributed by atoms with Crippen LogP contribution in [0, 0.1) is 5.82 Å². The molecule has 13 heteroatoms. The zero-order valence-electron chi connectivity index (χ0n) is 24.8. The predicted molar refractivity (Wildman–Crippen MR) is 163 cm³/mol. The Morgan fingerprint density at radius 3 is 2.48 bits per heavy atom. The van der Waals surface area contributed by atoms with Gasteiger partial charge in [0, 0.05) is 61.1 Å². The first-order valence-corrected chi connectivity index (χ1v) is 15.0. The maximum atomic E-state index is 14.5. The molecule has 2 heterocycles. The molecule has 3 atom stereocenters. The molecule has 42 heavy (non-hydrogen) atoms. The van der Waals surface area contributed by atoms with Gasteiger partial charge in [0.15, 0.2) is 0 Å². The summed E-state index contributed by atoms with van der Waals surface area (Å²) < 4.78 is 32.3. The number of fused-ring (bicyclic) bond motifs is 1. The summed E-state index contributed by atoms with van der Waals surface area (Å²) in [5, 5.41) is 3.36. The summed E-state index contributed by atoms with van der Waals surface area (Å²) in [4.78, 5) is 42.9. The standard InChI is InChI=1S/C29H36FN7O4S/c1-16-14-36(15-17(2)37(16)28(39)41-29(3,4)5)23-9-8-20(25-21(23)13-33-27(35-25)42(7)40)26(38)34-19-10-18(12-32-6)24(31)22(30)11-19/h8-13,16-17H,14-15,31H2,1-7H3,(H,34,38)/t16-,17+,42?. The number of amides is 2. The third kappa shape index (κ3) is 6.51. The van der Waals surface area contributed by atoms with E-state index in [4.69, 9.17) is 10.5 Å². The maximum Gasteiger partial charge on any atom is 0.410 e. The Kier molecular flexibility index (Phi) is 8.81. The third-order valence-electron chi connectivity index (χ3n) is 6.76. The van der Waals surface area contributed by atoms with Crippen LogP contribution >= 0.6 is 0 Å². The molecule has 0 saturated carbocycles. The minimum Gasteiger partial charge on any atom is -0.444 e. The molecule has 0 radical (unpaired) electrons. The highest BCUT2D eigenvalue weighted by Gasteiger charge is 2.36. The number of halogens is 1. The molecule has 2 amide bonds. The molecule has 0 aliphatic carbocycles. The lowest BCUT2D eigenvalue weighted by molar-refractivity contribution is 0.00566. The van der Waals surface area contributed by atoms with Gasteiger partial charge in [-0.3, -0.25) is 18.9 Å². The molecule has 3 aromatic rings. The number of nitrogens with zero attached hydrogens (tertiary/aromatic N) is 5. The Balaban J connectivity index is 1.71. The van der Waals surface area contributed by atoms with E-state index in [1.54, 1.807) is 23.2 Å². The van der Waals surface area contributed by atoms with Crippen molar-refractivity contribution in [2.24, 2.45) is 4.99 Å². The van der Waals surface area contributed by atoms with Gasteiger partial charge >= 0.3 is 6.09 Å². The molecule has 1 aromatic heterocycles. The van der Waals surface area contributed by atoms with Crippen LogP contribution in [0.3, 0.4) is 0 Å². The number of anilines is 3. The fourth-order valence-electron chi connectivity index (χ4n) is 5.04. The van der Waals surface area contributed by atoms with Crippen LogP contribution in [0.15, 0.2) is 40.6 Å². The number of aromatic nitrogens is 2. The second kappa shape index (κ2) is 12.0. The van der Waals surface area contributed by atoms with Crippen molar-refractivity contribution in [3.05, 3.63) is 47.4 Å². The molecule has 1 fully saturated rings. The van der Waals surface area contributed by atoms with Crippen LogP contribution in [0.5, 0.6) is 0 Å². The molecule has 1 saturated heterocycles. The van der Waals surface area contributed by atoms with Crippen molar-refractivity contribution in [2.75, 3.05) is 42.3 Å². The van der Waals surface area contributed by atoms with Gasteiger partial charge in [0.2, 0.25) is 5.16 Å². The van der Waals surface area contributed by atoms with Crippen molar-refractivity contribution in [3.8, 4) is 0 Å². The molecule has 0 spiro atoms. The van der Waals surface area contributed by atoms with Crippen LogP contribution in [0.2, 0.25) is 0 Å². The predicted octanol–water partition coefficient (Wildman–Crippen LogP) is 4.22. The second-order valence-corrected chi connectivity index (χ2v) is 12.6. The number of aliphatic imine (C=N–C) groups is 1. The van der Waals surface area contributed by atoms with E-state index >= 15 is 0 Å². The molecule has 4 rings (SSSR count). The fourth-order valence-corrected chi connectivity index (χ4v) is 5.46. The maximum absolute atomic E-state index is 14.5. The van der Waals surface area contributed by atoms with Crippen LogP contribution in [0.4, 0.5) is 26.2 Å². The number of nitrogen functional groups attached to an aromatic ring is 1. The molecule has 3 N–H and O–H groups in total. The lowest BCUT2D eigenvalue weighted by Gasteiger charge is -2.45. The number of nitrogens with one attached hydrogen (secondary N) is 1. The second-order valence-electron chi connectivity index (χ2n) is 11.3. The highest BCUT2D eigenvalue weighted by atomic mass is 32.2. The highest BCUT2D eigenvalue weighted by molar-refractivity contribution is 7.84. The largest absolute Gasteiger partial charge is 0.444 e. The van der Waals surface area contributed by atoms with E-state index in [0.29, 0.717) is 29.6 Å². The Morgan fingerprint density at radius 1 is 1.21 bits per heavy atom. The minimum absolute atomic E-state index is 0.0742. The summed E-state index contributed by atoms with van der Waals surface area (Å²) in [7, 11) is 0.0312. The highest BCUT2D eigenvalue weighted by Crippen LogP contribution is 2.32. The van der Waals surface area contributed by atoms with Crippen molar-refractivity contribution in [1.29, 1.82) is 0 Å². The van der Waals surface area contributed by atoms with Gasteiger partial charge in [-0.05, 0) is 58.9 Å². The van der Waals surface area contributed by atoms with Gasteiger partial charge in [-0.25, -0.2) is 19.2 Å². The topological polar surface area (TPSA) is 143 Å². The summed E-state index contributed by atoms with van der Waals surface area (Å²) in [5.74, 6) is -1.24. The van der Waals surface area contributed by atoms with Gasteiger partial charge in [-0.2, -0.15) is 0 Å². The van der Waals surface area contributed by atoms with Crippen LogP contribution in [0.1, 0.15) is 50.5 Å². The summed E-state index contributed by atoms with van der Waals surface area (Å²) in [6.45, 7) is 10.4. The summed E-state index contributed by atoms with van der Waals surface area (Å²) in [6.07, 6.45) is 4.04. The lowest BCUT2D eigenvalue weighted by atomic mass is 10.0. The Bertz CT molecular complexity index is 1580. The van der Waals surface area contributed by atoms with Crippen LogP contribution in [0.25, 0.3) is 10.9 Å². The van der Waals surface area contributed by atoms with E-state index in [1.807, 2.05) is 34.6 Å². The summed E-state index contributed by atoms with van der Waals surface area (Å²) >= 11 is 0. The van der Waals surface area contributed by atoms with Gasteiger partial charge in [-0.1, -0.05) is 0 Å². The minimum atomic E-state index is -1.50. The summed E-state index contributed by atoms with van der Waals surface area (Å²) in [6, 6.07) is 5.72. The van der Waals surface area contributed by atoms with Crippen LogP contribution < -0.4 is 16.0 Å². The number of carbonyl (C=O) groups excluding carboxylic acids is 2. The molecule has 224 valence electrons. The normalized spacial score (nSPS) is 18.4. The summed E-state index contributed by atoms with van der Waals surface area (Å²) in [5.41, 5.74) is 6.88. The van der Waals surface area contributed by atoms with Crippen molar-refractivity contribution >= 4 is 57.0 Å². The third-order valence-corrected chi connectivity index (χ3v) is 7.47. The van der Waals surface area contributed by atoms with Crippen molar-refractivity contribution in [1.82, 2.24) is 14.9 Å². The number of benzene rings is 2. The smallest absolute Gasteiger partial charge is 0.410 e. The number of ether oxygens (including phenoxy) is 1. The molecule has 0 bridgehead atoms. The number of rotatable bonds is 5. The van der Waals surface area contributed by atoms with Crippen molar-refractivity contribution in [3.63, 3.8) is 0 Å². The van der Waals surface area contributed by atoms with Crippen molar-refractivity contribution in [2.45, 2.75) is 57.5 Å². The SMILES string of the molecule is CN=Cc1cc(NC(=O)c2ccc(N3C[C@@H](C)N(C(=O)OC(C)(C)C)[C@@H](C)C3)c3cnc(S(C)=O)nc23)cc(F)c1N. The first-order chi connectivity index (χ1) is 19.7. The van der Waals surface area contributed by atoms with Crippen LogP contribution in [-0.4, -0.2) is 81.4 Å². The quantitative estimate of drug-likeness (QED) is 0.253. The van der Waals surface area contributed by atoms with E-state index in [0.717, 1.165) is 11.8 Å². The first kappa shape index (κ1) is 30.8. The molecule has 1 aliphatic rings. The average Bonchev–Trinajstić information content (AvgIpc) is 2.89. The van der Waals surface area contributed by atoms with Gasteiger partial charge in [-0.15, -0.1) is 0 Å². The number of hydrogen-bond acceptors (Lipinski definition) is 9.